The number of benzene rings is 2. The summed E-state index contributed by atoms with van der Waals surface area (Å²) in [7, 11) is 4.20. The second-order valence-electron chi connectivity index (χ2n) is 6.29. The second-order valence-corrected chi connectivity index (χ2v) is 6.73. The van der Waals surface area contributed by atoms with E-state index in [9.17, 15) is 0 Å². The summed E-state index contributed by atoms with van der Waals surface area (Å²) in [5, 5.41) is 0.768. The molecule has 0 bridgehead atoms. The first-order valence-corrected chi connectivity index (χ1v) is 8.08. The van der Waals surface area contributed by atoms with Crippen molar-refractivity contribution in [2.24, 2.45) is 0 Å². The van der Waals surface area contributed by atoms with E-state index in [1.54, 1.807) is 0 Å². The van der Waals surface area contributed by atoms with Gasteiger partial charge in [0, 0.05) is 18.0 Å². The predicted molar refractivity (Wildman–Crippen MR) is 91.2 cm³/mol. The van der Waals surface area contributed by atoms with Gasteiger partial charge in [-0.3, -0.25) is 0 Å². The zero-order valence-corrected chi connectivity index (χ0v) is 13.9. The zero-order valence-electron chi connectivity index (χ0n) is 13.2. The smallest absolute Gasteiger partial charge is 0.0988 e. The molecule has 0 aromatic heterocycles. The Balaban J connectivity index is 1.98. The van der Waals surface area contributed by atoms with E-state index in [4.69, 9.17) is 16.3 Å². The van der Waals surface area contributed by atoms with E-state index in [1.807, 2.05) is 18.2 Å². The molecule has 0 spiro atoms. The molecule has 0 N–H and O–H groups in total. The summed E-state index contributed by atoms with van der Waals surface area (Å²) >= 11 is 6.22. The summed E-state index contributed by atoms with van der Waals surface area (Å²) < 4.78 is 6.40. The molecule has 3 rings (SSSR count). The van der Waals surface area contributed by atoms with Crippen molar-refractivity contribution in [2.45, 2.75) is 25.0 Å². The van der Waals surface area contributed by atoms with Crippen molar-refractivity contribution >= 4 is 11.6 Å². The van der Waals surface area contributed by atoms with Crippen molar-refractivity contribution in [3.63, 3.8) is 0 Å². The van der Waals surface area contributed by atoms with Crippen LogP contribution in [0.2, 0.25) is 5.02 Å². The van der Waals surface area contributed by atoms with Crippen molar-refractivity contribution in [1.29, 1.82) is 0 Å². The molecule has 0 saturated heterocycles. The van der Waals surface area contributed by atoms with Gasteiger partial charge in [-0.2, -0.15) is 0 Å². The molecule has 1 aliphatic heterocycles. The Labute approximate surface area is 137 Å². The Kier molecular flexibility index (Phi) is 4.53. The maximum absolute atomic E-state index is 6.40. The molecule has 0 fully saturated rings. The summed E-state index contributed by atoms with van der Waals surface area (Å²) in [5.41, 5.74) is 3.57. The average Bonchev–Trinajstić information content (AvgIpc) is 2.53. The molecule has 3 heteroatoms. The molecule has 2 aromatic carbocycles. The molecule has 2 nitrogen and oxygen atoms in total. The predicted octanol–water partition coefficient (Wildman–Crippen LogP) is 4.26. The zero-order chi connectivity index (χ0) is 15.6. The van der Waals surface area contributed by atoms with E-state index in [0.717, 1.165) is 24.4 Å². The molecule has 1 atom stereocenters. The molecule has 1 heterocycles. The van der Waals surface area contributed by atoms with Gasteiger partial charge in [0.15, 0.2) is 0 Å². The fourth-order valence-corrected chi connectivity index (χ4v) is 3.30. The standard InChI is InChI=1S/C19H22ClNO/c1-21(2)11-10-19(17-8-5-9-18(20)12-17)13-15-6-3-4-7-16(15)14-22-19/h3-9,12H,10-11,13-14H2,1-2H3. The van der Waals surface area contributed by atoms with Crippen molar-refractivity contribution in [2.75, 3.05) is 20.6 Å². The van der Waals surface area contributed by atoms with Crippen LogP contribution in [0.3, 0.4) is 0 Å². The van der Waals surface area contributed by atoms with Gasteiger partial charge in [-0.25, -0.2) is 0 Å². The van der Waals surface area contributed by atoms with Crippen LogP contribution in [0.4, 0.5) is 0 Å². The highest BCUT2D eigenvalue weighted by molar-refractivity contribution is 6.30. The first kappa shape index (κ1) is 15.5. The van der Waals surface area contributed by atoms with Gasteiger partial charge in [0.05, 0.1) is 12.2 Å². The first-order valence-electron chi connectivity index (χ1n) is 7.71. The molecular formula is C19H22ClNO. The minimum atomic E-state index is -0.288. The number of nitrogens with zero attached hydrogens (tertiary/aromatic N) is 1. The Morgan fingerprint density at radius 1 is 1.09 bits per heavy atom. The largest absolute Gasteiger partial charge is 0.365 e. The van der Waals surface area contributed by atoms with Crippen LogP contribution in [0.1, 0.15) is 23.1 Å². The summed E-state index contributed by atoms with van der Waals surface area (Å²) in [6.45, 7) is 1.64. The summed E-state index contributed by atoms with van der Waals surface area (Å²) in [5.74, 6) is 0. The van der Waals surface area contributed by atoms with Gasteiger partial charge in [-0.1, -0.05) is 48.0 Å². The molecule has 0 saturated carbocycles. The molecule has 0 radical (unpaired) electrons. The quantitative estimate of drug-likeness (QED) is 0.836. The van der Waals surface area contributed by atoms with Gasteiger partial charge in [0.1, 0.15) is 0 Å². The van der Waals surface area contributed by atoms with E-state index in [2.05, 4.69) is 49.3 Å². The molecule has 2 aromatic rings. The van der Waals surface area contributed by atoms with Crippen molar-refractivity contribution in [1.82, 2.24) is 4.90 Å². The van der Waals surface area contributed by atoms with Crippen LogP contribution in [0.25, 0.3) is 0 Å². The van der Waals surface area contributed by atoms with E-state index >= 15 is 0 Å². The molecule has 0 aliphatic carbocycles. The number of ether oxygens (including phenoxy) is 1. The van der Waals surface area contributed by atoms with Crippen LogP contribution in [0, 0.1) is 0 Å². The van der Waals surface area contributed by atoms with Gasteiger partial charge < -0.3 is 9.64 Å². The van der Waals surface area contributed by atoms with Crippen LogP contribution in [-0.4, -0.2) is 25.5 Å². The minimum Gasteiger partial charge on any atom is -0.365 e. The summed E-state index contributed by atoms with van der Waals surface area (Å²) in [6, 6.07) is 16.7. The normalized spacial score (nSPS) is 20.9. The summed E-state index contributed by atoms with van der Waals surface area (Å²) in [4.78, 5) is 2.20. The van der Waals surface area contributed by atoms with Gasteiger partial charge in [0.2, 0.25) is 0 Å². The molecule has 1 unspecified atom stereocenters. The molecule has 0 amide bonds. The highest BCUT2D eigenvalue weighted by Crippen LogP contribution is 2.39. The third kappa shape index (κ3) is 3.19. The van der Waals surface area contributed by atoms with Crippen LogP contribution in [0.15, 0.2) is 48.5 Å². The van der Waals surface area contributed by atoms with Crippen LogP contribution < -0.4 is 0 Å². The van der Waals surface area contributed by atoms with Crippen LogP contribution >= 0.6 is 11.6 Å². The SMILES string of the molecule is CN(C)CCC1(c2cccc(Cl)c2)Cc2ccccc2CO1. The van der Waals surface area contributed by atoms with E-state index in [1.165, 1.54) is 16.7 Å². The van der Waals surface area contributed by atoms with Crippen molar-refractivity contribution in [3.8, 4) is 0 Å². The second kappa shape index (κ2) is 6.41. The Hall–Kier alpha value is -1.35. The lowest BCUT2D eigenvalue weighted by atomic mass is 9.81. The Morgan fingerprint density at radius 3 is 2.59 bits per heavy atom. The van der Waals surface area contributed by atoms with Gasteiger partial charge >= 0.3 is 0 Å². The Bertz CT molecular complexity index is 655. The van der Waals surface area contributed by atoms with E-state index in [-0.39, 0.29) is 5.60 Å². The maximum Gasteiger partial charge on any atom is 0.0988 e. The van der Waals surface area contributed by atoms with Crippen LogP contribution in [-0.2, 0) is 23.4 Å². The fourth-order valence-electron chi connectivity index (χ4n) is 3.11. The minimum absolute atomic E-state index is 0.288. The lowest BCUT2D eigenvalue weighted by molar-refractivity contribution is -0.0818. The molecule has 1 aliphatic rings. The first-order chi connectivity index (χ1) is 10.6. The average molecular weight is 316 g/mol. The molecule has 22 heavy (non-hydrogen) atoms. The number of hydrogen-bond acceptors (Lipinski definition) is 2. The van der Waals surface area contributed by atoms with Gasteiger partial charge in [-0.05, 0) is 49.3 Å². The van der Waals surface area contributed by atoms with E-state index in [0.29, 0.717) is 6.61 Å². The van der Waals surface area contributed by atoms with Crippen LogP contribution in [0.5, 0.6) is 0 Å². The topological polar surface area (TPSA) is 12.5 Å². The number of hydrogen-bond donors (Lipinski definition) is 0. The monoisotopic (exact) mass is 315 g/mol. The Morgan fingerprint density at radius 2 is 1.86 bits per heavy atom. The number of halogens is 1. The van der Waals surface area contributed by atoms with Crippen molar-refractivity contribution in [3.05, 3.63) is 70.2 Å². The van der Waals surface area contributed by atoms with Gasteiger partial charge in [0.25, 0.3) is 0 Å². The lowest BCUT2D eigenvalue weighted by Gasteiger charge is -2.39. The third-order valence-corrected chi connectivity index (χ3v) is 4.65. The molecular weight excluding hydrogens is 294 g/mol. The summed E-state index contributed by atoms with van der Waals surface area (Å²) in [6.07, 6.45) is 1.85. The lowest BCUT2D eigenvalue weighted by Crippen LogP contribution is -2.38. The fraction of sp³-hybridized carbons (Fsp3) is 0.368. The van der Waals surface area contributed by atoms with E-state index < -0.39 is 0 Å². The molecule has 116 valence electrons. The highest BCUT2D eigenvalue weighted by Gasteiger charge is 2.37. The van der Waals surface area contributed by atoms with Gasteiger partial charge in [-0.15, -0.1) is 0 Å². The number of fused-ring (bicyclic) bond motifs is 1. The number of rotatable bonds is 4. The third-order valence-electron chi connectivity index (χ3n) is 4.41. The highest BCUT2D eigenvalue weighted by atomic mass is 35.5. The van der Waals surface area contributed by atoms with Crippen molar-refractivity contribution < 1.29 is 4.74 Å². The maximum atomic E-state index is 6.40.